The van der Waals surface area contributed by atoms with Crippen molar-refractivity contribution in [2.24, 2.45) is 0 Å². The molecule has 1 heterocycles. The number of rotatable bonds is 13. The predicted octanol–water partition coefficient (Wildman–Crippen LogP) is 7.35. The lowest BCUT2D eigenvalue weighted by Gasteiger charge is -2.56. The summed E-state index contributed by atoms with van der Waals surface area (Å²) in [6.07, 6.45) is 1.44. The second-order valence-corrected chi connectivity index (χ2v) is 10.8. The van der Waals surface area contributed by atoms with Crippen LogP contribution in [0.4, 0.5) is 0 Å². The summed E-state index contributed by atoms with van der Waals surface area (Å²) in [6, 6.07) is 24.1. The molecule has 1 fully saturated rings. The lowest BCUT2D eigenvalue weighted by Crippen LogP contribution is -2.73. The maximum absolute atomic E-state index is 13.8. The molecule has 0 radical (unpaired) electrons. The van der Waals surface area contributed by atoms with Crippen molar-refractivity contribution in [1.29, 1.82) is 0 Å². The monoisotopic (exact) mass is 607 g/mol. The van der Waals surface area contributed by atoms with Crippen LogP contribution in [0.5, 0.6) is 11.5 Å². The number of amides is 1. The van der Waals surface area contributed by atoms with Gasteiger partial charge in [0.1, 0.15) is 28.6 Å². The second kappa shape index (κ2) is 18.2. The Morgan fingerprint density at radius 2 is 1.30 bits per heavy atom. The first kappa shape index (κ1) is 35.6. The van der Waals surface area contributed by atoms with Gasteiger partial charge in [-0.1, -0.05) is 49.4 Å². The molecule has 0 saturated carbocycles. The summed E-state index contributed by atoms with van der Waals surface area (Å²) in [6.45, 7) is 15.2. The average molecular weight is 608 g/mol. The Morgan fingerprint density at radius 3 is 1.67 bits per heavy atom. The third-order valence-electron chi connectivity index (χ3n) is 7.02. The summed E-state index contributed by atoms with van der Waals surface area (Å²) in [5.41, 5.74) is 1.83. The summed E-state index contributed by atoms with van der Waals surface area (Å²) in [5, 5.41) is 0. The third kappa shape index (κ3) is 8.72. The molecule has 43 heavy (non-hydrogen) atoms. The first-order valence-electron chi connectivity index (χ1n) is 14.4. The summed E-state index contributed by atoms with van der Waals surface area (Å²) in [7, 11) is 3.24. The number of likely N-dealkylation sites (tertiary alicyclic amines) is 1. The van der Waals surface area contributed by atoms with Crippen LogP contribution in [-0.4, -0.2) is 61.6 Å². The summed E-state index contributed by atoms with van der Waals surface area (Å²) in [4.78, 5) is 28.9. The van der Waals surface area contributed by atoms with Gasteiger partial charge in [0.05, 0.1) is 20.3 Å². The predicted molar refractivity (Wildman–Crippen MR) is 174 cm³/mol. The molecular formula is C35H45NO6S. The van der Waals surface area contributed by atoms with Gasteiger partial charge in [0, 0.05) is 18.1 Å². The number of hydrogen-bond donors (Lipinski definition) is 0. The maximum Gasteiger partial charge on any atom is 0.243 e. The number of nitrogens with zero attached hydrogens (tertiary/aromatic N) is 1. The number of aldehydes is 1. The van der Waals surface area contributed by atoms with Crippen molar-refractivity contribution in [2.45, 2.75) is 62.1 Å². The van der Waals surface area contributed by atoms with Gasteiger partial charge in [-0.3, -0.25) is 4.79 Å². The van der Waals surface area contributed by atoms with Gasteiger partial charge in [-0.05, 0) is 74.7 Å². The summed E-state index contributed by atoms with van der Waals surface area (Å²) in [5.74, 6) is 1.43. The molecule has 2 unspecified atom stereocenters. The first-order valence-corrected chi connectivity index (χ1v) is 15.2. The number of thioether (sulfide) groups is 1. The average Bonchev–Trinajstić information content (AvgIpc) is 3.06. The smallest absolute Gasteiger partial charge is 0.243 e. The highest BCUT2D eigenvalue weighted by atomic mass is 32.2. The number of β-lactam (4-membered cyclic amide) rings is 1. The molecule has 3 aromatic carbocycles. The third-order valence-corrected chi connectivity index (χ3v) is 8.59. The van der Waals surface area contributed by atoms with Gasteiger partial charge in [0.25, 0.3) is 0 Å². The molecule has 2 atom stereocenters. The fraction of sp³-hybridized carbons (Fsp3) is 0.371. The van der Waals surface area contributed by atoms with E-state index in [-0.39, 0.29) is 12.2 Å². The largest absolute Gasteiger partial charge is 0.497 e. The van der Waals surface area contributed by atoms with E-state index in [4.69, 9.17) is 18.9 Å². The summed E-state index contributed by atoms with van der Waals surface area (Å²) >= 11 is 1.48. The molecule has 232 valence electrons. The number of hydrogen-bond acceptors (Lipinski definition) is 7. The van der Waals surface area contributed by atoms with Crippen LogP contribution in [-0.2, 0) is 19.1 Å². The minimum atomic E-state index is -0.819. The molecular weight excluding hydrogens is 562 g/mol. The van der Waals surface area contributed by atoms with Crippen molar-refractivity contribution in [2.75, 3.05) is 27.4 Å². The van der Waals surface area contributed by atoms with E-state index in [1.807, 2.05) is 107 Å². The zero-order valence-corrected chi connectivity index (χ0v) is 27.0. The Balaban J connectivity index is 0.000000561. The molecule has 3 aromatic rings. The summed E-state index contributed by atoms with van der Waals surface area (Å²) < 4.78 is 19.9. The van der Waals surface area contributed by atoms with E-state index in [9.17, 15) is 9.59 Å². The van der Waals surface area contributed by atoms with Crippen molar-refractivity contribution in [3.05, 3.63) is 103 Å². The van der Waals surface area contributed by atoms with Crippen LogP contribution < -0.4 is 9.47 Å². The highest BCUT2D eigenvalue weighted by Gasteiger charge is 2.62. The Kier molecular flexibility index (Phi) is 15.0. The minimum absolute atomic E-state index is 0.0346. The highest BCUT2D eigenvalue weighted by Crippen LogP contribution is 2.52. The Morgan fingerprint density at radius 1 is 0.837 bits per heavy atom. The zero-order valence-electron chi connectivity index (χ0n) is 26.2. The van der Waals surface area contributed by atoms with E-state index in [1.54, 1.807) is 19.1 Å². The van der Waals surface area contributed by atoms with E-state index >= 15 is 0 Å². The van der Waals surface area contributed by atoms with Gasteiger partial charge in [-0.25, -0.2) is 0 Å². The Bertz CT molecular complexity index is 1180. The number of methoxy groups -OCH3 is 2. The number of carbonyl (C=O) groups excluding carboxylic acids is 2. The molecule has 1 amide bonds. The molecule has 8 heteroatoms. The van der Waals surface area contributed by atoms with Crippen molar-refractivity contribution in [3.63, 3.8) is 0 Å². The minimum Gasteiger partial charge on any atom is -0.497 e. The Hall–Kier alpha value is -3.59. The van der Waals surface area contributed by atoms with Crippen LogP contribution in [0.15, 0.2) is 96.9 Å². The van der Waals surface area contributed by atoms with E-state index in [2.05, 4.69) is 13.2 Å². The molecule has 0 aromatic heterocycles. The van der Waals surface area contributed by atoms with Crippen LogP contribution >= 0.6 is 11.8 Å². The van der Waals surface area contributed by atoms with E-state index in [0.717, 1.165) is 47.0 Å². The van der Waals surface area contributed by atoms with Gasteiger partial charge in [0.15, 0.2) is 6.29 Å². The highest BCUT2D eigenvalue weighted by molar-refractivity contribution is 8.01. The molecule has 0 spiro atoms. The molecule has 0 aliphatic carbocycles. The molecule has 1 aliphatic heterocycles. The van der Waals surface area contributed by atoms with Gasteiger partial charge < -0.3 is 28.6 Å². The van der Waals surface area contributed by atoms with Gasteiger partial charge in [-0.2, -0.15) is 0 Å². The van der Waals surface area contributed by atoms with E-state index in [0.29, 0.717) is 6.42 Å². The number of benzene rings is 3. The quantitative estimate of drug-likeness (QED) is 0.0870. The van der Waals surface area contributed by atoms with Gasteiger partial charge in [0.2, 0.25) is 5.91 Å². The number of ether oxygens (including phenoxy) is 4. The van der Waals surface area contributed by atoms with Crippen LogP contribution in [0.25, 0.3) is 0 Å². The number of carbonyl (C=O) groups is 2. The van der Waals surface area contributed by atoms with Crippen molar-refractivity contribution >= 4 is 24.0 Å². The van der Waals surface area contributed by atoms with E-state index < -0.39 is 16.8 Å². The lowest BCUT2D eigenvalue weighted by atomic mass is 9.80. The normalized spacial score (nSPS) is 17.3. The SMILES string of the molecule is C=C.CCC1(Sc2ccccc2)C(=O)N(C(c2ccc(OC)cc2)c2ccc(OC)cc2)C1C=O.CCOC(C)OCC. The molecule has 4 rings (SSSR count). The molecule has 0 N–H and O–H groups in total. The van der Waals surface area contributed by atoms with Crippen LogP contribution in [0.1, 0.15) is 51.3 Å². The van der Waals surface area contributed by atoms with Crippen LogP contribution in [0, 0.1) is 0 Å². The maximum atomic E-state index is 13.8. The standard InChI is InChI=1S/C27H27NO4S.C6H14O2.C2H4/c1-4-27(33-23-8-6-5-7-9-23)24(18-29)28(26(27)30)25(19-10-14-21(31-2)15-11-19)20-12-16-22(32-3)17-13-20;1-4-7-6(3)8-5-2;1-2/h5-18,24-25H,4H2,1-3H3;6H,4-5H2,1-3H3;1-2H2. The zero-order chi connectivity index (χ0) is 31.8. The van der Waals surface area contributed by atoms with Crippen LogP contribution in [0.2, 0.25) is 0 Å². The molecule has 1 saturated heterocycles. The fourth-order valence-electron chi connectivity index (χ4n) is 4.92. The van der Waals surface area contributed by atoms with Gasteiger partial charge in [-0.15, -0.1) is 24.9 Å². The van der Waals surface area contributed by atoms with Crippen molar-refractivity contribution in [1.82, 2.24) is 4.90 Å². The van der Waals surface area contributed by atoms with Gasteiger partial charge >= 0.3 is 0 Å². The second-order valence-electron chi connectivity index (χ2n) is 9.38. The van der Waals surface area contributed by atoms with Crippen molar-refractivity contribution < 1.29 is 28.5 Å². The molecule has 0 bridgehead atoms. The lowest BCUT2D eigenvalue weighted by molar-refractivity contribution is -0.158. The fourth-order valence-corrected chi connectivity index (χ4v) is 6.26. The van der Waals surface area contributed by atoms with E-state index in [1.165, 1.54) is 11.8 Å². The van der Waals surface area contributed by atoms with Crippen molar-refractivity contribution in [3.8, 4) is 11.5 Å². The first-order chi connectivity index (χ1) is 20.9. The molecule has 1 aliphatic rings. The Labute approximate surface area is 261 Å². The van der Waals surface area contributed by atoms with Crippen LogP contribution in [0.3, 0.4) is 0 Å². The molecule has 7 nitrogen and oxygen atoms in total. The topological polar surface area (TPSA) is 74.3 Å².